The maximum atomic E-state index is 5.52. The van der Waals surface area contributed by atoms with Crippen molar-refractivity contribution < 1.29 is 9.47 Å². The van der Waals surface area contributed by atoms with Gasteiger partial charge in [0.1, 0.15) is 6.61 Å². The summed E-state index contributed by atoms with van der Waals surface area (Å²) in [6.07, 6.45) is 7.75. The van der Waals surface area contributed by atoms with Gasteiger partial charge in [0.05, 0.1) is 19.8 Å². The summed E-state index contributed by atoms with van der Waals surface area (Å²) in [4.78, 5) is 2.50. The van der Waals surface area contributed by atoms with Gasteiger partial charge in [-0.05, 0) is 37.8 Å². The second-order valence-electron chi connectivity index (χ2n) is 5.29. The largest absolute Gasteiger partial charge is 0.378 e. The van der Waals surface area contributed by atoms with Crippen molar-refractivity contribution in [3.8, 4) is 12.3 Å². The Hall–Kier alpha value is -0.560. The summed E-state index contributed by atoms with van der Waals surface area (Å²) < 4.78 is 10.7. The van der Waals surface area contributed by atoms with Gasteiger partial charge in [-0.2, -0.15) is 0 Å². The van der Waals surface area contributed by atoms with Gasteiger partial charge in [0.15, 0.2) is 0 Å². The van der Waals surface area contributed by atoms with Crippen LogP contribution in [0.1, 0.15) is 26.7 Å². The first-order valence-electron chi connectivity index (χ1n) is 7.05. The first-order valence-corrected chi connectivity index (χ1v) is 7.05. The van der Waals surface area contributed by atoms with E-state index in [1.54, 1.807) is 0 Å². The lowest BCUT2D eigenvalue weighted by Gasteiger charge is -2.33. The summed E-state index contributed by atoms with van der Waals surface area (Å²) in [5.41, 5.74) is 0. The Kier molecular flexibility index (Phi) is 8.08. The Bertz CT molecular complexity index is 239. The van der Waals surface area contributed by atoms with Gasteiger partial charge < -0.3 is 14.4 Å². The van der Waals surface area contributed by atoms with Crippen LogP contribution >= 0.6 is 0 Å². The molecule has 1 aliphatic rings. The molecule has 0 radical (unpaired) electrons. The van der Waals surface area contributed by atoms with Gasteiger partial charge >= 0.3 is 0 Å². The van der Waals surface area contributed by atoms with Crippen molar-refractivity contribution in [1.29, 1.82) is 0 Å². The van der Waals surface area contributed by atoms with Gasteiger partial charge in [-0.25, -0.2) is 0 Å². The number of likely N-dealkylation sites (tertiary alicyclic amines) is 1. The fourth-order valence-electron chi connectivity index (χ4n) is 2.39. The molecule has 0 aromatic rings. The summed E-state index contributed by atoms with van der Waals surface area (Å²) >= 11 is 0. The SMILES string of the molecule is C#CCOCCOCCN1CCC(C(C)C)CC1. The third kappa shape index (κ3) is 6.39. The molecule has 1 rings (SSSR count). The van der Waals surface area contributed by atoms with E-state index in [1.807, 2.05) is 0 Å². The molecule has 0 unspecified atom stereocenters. The molecule has 0 bridgehead atoms. The van der Waals surface area contributed by atoms with E-state index in [9.17, 15) is 0 Å². The Morgan fingerprint density at radius 1 is 1.17 bits per heavy atom. The van der Waals surface area contributed by atoms with E-state index in [4.69, 9.17) is 15.9 Å². The van der Waals surface area contributed by atoms with Crippen molar-refractivity contribution in [3.63, 3.8) is 0 Å². The van der Waals surface area contributed by atoms with Crippen LogP contribution in [0, 0.1) is 24.2 Å². The van der Waals surface area contributed by atoms with Crippen LogP contribution in [0.3, 0.4) is 0 Å². The molecule has 1 saturated heterocycles. The number of hydrogen-bond donors (Lipinski definition) is 0. The van der Waals surface area contributed by atoms with Crippen molar-refractivity contribution >= 4 is 0 Å². The molecule has 0 saturated carbocycles. The maximum Gasteiger partial charge on any atom is 0.107 e. The number of ether oxygens (including phenoxy) is 2. The van der Waals surface area contributed by atoms with Gasteiger partial charge in [-0.3, -0.25) is 0 Å². The third-order valence-corrected chi connectivity index (χ3v) is 3.68. The Morgan fingerprint density at radius 3 is 2.44 bits per heavy atom. The van der Waals surface area contributed by atoms with Gasteiger partial charge in [0.25, 0.3) is 0 Å². The quantitative estimate of drug-likeness (QED) is 0.488. The second-order valence-corrected chi connectivity index (χ2v) is 5.29. The predicted octanol–water partition coefficient (Wildman–Crippen LogP) is 2.02. The van der Waals surface area contributed by atoms with Crippen LogP contribution in [-0.4, -0.2) is 51.0 Å². The minimum atomic E-state index is 0.381. The lowest BCUT2D eigenvalue weighted by atomic mass is 9.87. The number of piperidine rings is 1. The minimum Gasteiger partial charge on any atom is -0.378 e. The molecule has 1 aliphatic heterocycles. The third-order valence-electron chi connectivity index (χ3n) is 3.68. The zero-order chi connectivity index (χ0) is 13.2. The zero-order valence-corrected chi connectivity index (χ0v) is 11.9. The first kappa shape index (κ1) is 15.5. The van der Waals surface area contributed by atoms with Crippen LogP contribution < -0.4 is 0 Å². The first-order chi connectivity index (χ1) is 8.74. The lowest BCUT2D eigenvalue weighted by molar-refractivity contribution is 0.0420. The average molecular weight is 253 g/mol. The predicted molar refractivity (Wildman–Crippen MR) is 74.5 cm³/mol. The van der Waals surface area contributed by atoms with Gasteiger partial charge in [-0.15, -0.1) is 6.42 Å². The molecule has 104 valence electrons. The topological polar surface area (TPSA) is 21.7 Å². The molecule has 0 amide bonds. The molecular formula is C15H27NO2. The highest BCUT2D eigenvalue weighted by molar-refractivity contribution is 4.82. The summed E-state index contributed by atoms with van der Waals surface area (Å²) in [5.74, 6) is 4.18. The smallest absolute Gasteiger partial charge is 0.107 e. The van der Waals surface area contributed by atoms with Crippen LogP contribution in [0.5, 0.6) is 0 Å². The number of hydrogen-bond acceptors (Lipinski definition) is 3. The van der Waals surface area contributed by atoms with Gasteiger partial charge in [0, 0.05) is 6.54 Å². The van der Waals surface area contributed by atoms with E-state index in [-0.39, 0.29) is 0 Å². The molecule has 0 atom stereocenters. The molecule has 0 aliphatic carbocycles. The van der Waals surface area contributed by atoms with E-state index in [0.29, 0.717) is 19.8 Å². The maximum absolute atomic E-state index is 5.52. The Morgan fingerprint density at radius 2 is 1.83 bits per heavy atom. The van der Waals surface area contributed by atoms with Crippen LogP contribution in [0.4, 0.5) is 0 Å². The van der Waals surface area contributed by atoms with E-state index in [0.717, 1.165) is 25.0 Å². The van der Waals surface area contributed by atoms with Gasteiger partial charge in [0.2, 0.25) is 0 Å². The highest BCUT2D eigenvalue weighted by atomic mass is 16.5. The zero-order valence-electron chi connectivity index (χ0n) is 11.9. The number of nitrogens with zero attached hydrogens (tertiary/aromatic N) is 1. The van der Waals surface area contributed by atoms with Crippen molar-refractivity contribution in [2.45, 2.75) is 26.7 Å². The monoisotopic (exact) mass is 253 g/mol. The Balaban J connectivity index is 1.93. The molecular weight excluding hydrogens is 226 g/mol. The van der Waals surface area contributed by atoms with Crippen molar-refractivity contribution in [3.05, 3.63) is 0 Å². The van der Waals surface area contributed by atoms with Crippen molar-refractivity contribution in [1.82, 2.24) is 4.90 Å². The summed E-state index contributed by atoms with van der Waals surface area (Å²) in [6.45, 7) is 10.6. The fourth-order valence-corrected chi connectivity index (χ4v) is 2.39. The van der Waals surface area contributed by atoms with E-state index in [2.05, 4.69) is 24.7 Å². The summed E-state index contributed by atoms with van der Waals surface area (Å²) in [5, 5.41) is 0. The molecule has 1 fully saturated rings. The molecule has 0 aromatic carbocycles. The lowest BCUT2D eigenvalue weighted by Crippen LogP contribution is -2.37. The highest BCUT2D eigenvalue weighted by Crippen LogP contribution is 2.23. The Labute approximate surface area is 112 Å². The molecule has 0 aromatic heterocycles. The van der Waals surface area contributed by atoms with E-state index < -0.39 is 0 Å². The molecule has 0 spiro atoms. The van der Waals surface area contributed by atoms with Crippen molar-refractivity contribution in [2.75, 3.05) is 46.1 Å². The minimum absolute atomic E-state index is 0.381. The highest BCUT2D eigenvalue weighted by Gasteiger charge is 2.20. The number of terminal acetylenes is 1. The van der Waals surface area contributed by atoms with Crippen LogP contribution in [0.15, 0.2) is 0 Å². The molecule has 3 heteroatoms. The standard InChI is InChI=1S/C15H27NO2/c1-4-10-17-12-13-18-11-9-16-7-5-15(6-8-16)14(2)3/h1,14-15H,5-13H2,2-3H3. The molecule has 0 N–H and O–H groups in total. The summed E-state index contributed by atoms with van der Waals surface area (Å²) in [6, 6.07) is 0. The molecule has 3 nitrogen and oxygen atoms in total. The normalized spacial score (nSPS) is 18.1. The molecule has 18 heavy (non-hydrogen) atoms. The van der Waals surface area contributed by atoms with E-state index >= 15 is 0 Å². The second kappa shape index (κ2) is 9.38. The molecule has 1 heterocycles. The van der Waals surface area contributed by atoms with E-state index in [1.165, 1.54) is 25.9 Å². The fraction of sp³-hybridized carbons (Fsp3) is 0.867. The van der Waals surface area contributed by atoms with Crippen LogP contribution in [0.25, 0.3) is 0 Å². The van der Waals surface area contributed by atoms with Crippen LogP contribution in [0.2, 0.25) is 0 Å². The van der Waals surface area contributed by atoms with Gasteiger partial charge in [-0.1, -0.05) is 19.8 Å². The van der Waals surface area contributed by atoms with Crippen molar-refractivity contribution in [2.24, 2.45) is 11.8 Å². The number of rotatable bonds is 8. The average Bonchev–Trinajstić information content (AvgIpc) is 2.38. The van der Waals surface area contributed by atoms with Crippen LogP contribution in [-0.2, 0) is 9.47 Å². The summed E-state index contributed by atoms with van der Waals surface area (Å²) in [7, 11) is 0.